The lowest BCUT2D eigenvalue weighted by atomic mass is 10.1. The normalized spacial score (nSPS) is 39.0. The van der Waals surface area contributed by atoms with Crippen LogP contribution in [-0.4, -0.2) is 48.8 Å². The van der Waals surface area contributed by atoms with Gasteiger partial charge in [0.15, 0.2) is 0 Å². The predicted molar refractivity (Wildman–Crippen MR) is 43.4 cm³/mol. The molecule has 0 spiro atoms. The number of aliphatic hydroxyl groups excluding tert-OH is 1. The molecule has 0 aliphatic carbocycles. The van der Waals surface area contributed by atoms with Gasteiger partial charge >= 0.3 is 0 Å². The summed E-state index contributed by atoms with van der Waals surface area (Å²) in [7, 11) is 0. The van der Waals surface area contributed by atoms with E-state index >= 15 is 0 Å². The Morgan fingerprint density at radius 3 is 3.18 bits per heavy atom. The Labute approximate surface area is 67.4 Å². The van der Waals surface area contributed by atoms with Crippen molar-refractivity contribution in [1.29, 1.82) is 0 Å². The number of hydrogen-bond acceptors (Lipinski definition) is 3. The van der Waals surface area contributed by atoms with Crippen molar-refractivity contribution >= 4 is 0 Å². The Morgan fingerprint density at radius 1 is 1.55 bits per heavy atom. The van der Waals surface area contributed by atoms with Gasteiger partial charge in [0, 0.05) is 38.8 Å². The molecule has 3 nitrogen and oxygen atoms in total. The lowest BCUT2D eigenvalue weighted by molar-refractivity contribution is 0.199. The van der Waals surface area contributed by atoms with E-state index in [9.17, 15) is 0 Å². The van der Waals surface area contributed by atoms with E-state index < -0.39 is 0 Å². The number of fused-ring (bicyclic) bond motifs is 1. The first-order chi connectivity index (χ1) is 5.40. The van der Waals surface area contributed by atoms with E-state index in [1.54, 1.807) is 0 Å². The number of aliphatic hydroxyl groups is 1. The molecule has 2 heterocycles. The highest BCUT2D eigenvalue weighted by molar-refractivity contribution is 4.89. The molecule has 0 radical (unpaired) electrons. The maximum absolute atomic E-state index is 8.97. The molecule has 0 aromatic heterocycles. The number of hydrogen-bond donors (Lipinski definition) is 2. The van der Waals surface area contributed by atoms with Crippen LogP contribution in [0, 0.1) is 5.92 Å². The topological polar surface area (TPSA) is 35.5 Å². The predicted octanol–water partition coefficient (Wildman–Crippen LogP) is -0.728. The van der Waals surface area contributed by atoms with Crippen LogP contribution in [0.5, 0.6) is 0 Å². The van der Waals surface area contributed by atoms with Gasteiger partial charge in [0.05, 0.1) is 0 Å². The van der Waals surface area contributed by atoms with Gasteiger partial charge in [0.25, 0.3) is 0 Å². The number of piperazine rings is 1. The average molecular weight is 156 g/mol. The highest BCUT2D eigenvalue weighted by Crippen LogP contribution is 2.23. The van der Waals surface area contributed by atoms with Crippen molar-refractivity contribution in [3.05, 3.63) is 0 Å². The van der Waals surface area contributed by atoms with Crippen molar-refractivity contribution in [3.63, 3.8) is 0 Å². The zero-order chi connectivity index (χ0) is 7.68. The van der Waals surface area contributed by atoms with Crippen molar-refractivity contribution in [3.8, 4) is 0 Å². The highest BCUT2D eigenvalue weighted by atomic mass is 16.3. The Hall–Kier alpha value is -0.120. The molecule has 0 unspecified atom stereocenters. The maximum atomic E-state index is 8.97. The zero-order valence-electron chi connectivity index (χ0n) is 6.79. The third kappa shape index (κ3) is 1.41. The second-order valence-electron chi connectivity index (χ2n) is 3.64. The lowest BCUT2D eigenvalue weighted by Crippen LogP contribution is -2.47. The smallest absolute Gasteiger partial charge is 0.0472 e. The minimum Gasteiger partial charge on any atom is -0.396 e. The molecule has 0 saturated carbocycles. The fourth-order valence-electron chi connectivity index (χ4n) is 2.20. The van der Waals surface area contributed by atoms with E-state index in [-0.39, 0.29) is 0 Å². The van der Waals surface area contributed by atoms with Gasteiger partial charge in [-0.25, -0.2) is 0 Å². The Balaban J connectivity index is 1.92. The molecule has 2 N–H and O–H groups in total. The summed E-state index contributed by atoms with van der Waals surface area (Å²) >= 11 is 0. The molecule has 2 aliphatic rings. The summed E-state index contributed by atoms with van der Waals surface area (Å²) in [6, 6.07) is 0.709. The van der Waals surface area contributed by atoms with Crippen molar-refractivity contribution in [1.82, 2.24) is 10.2 Å². The van der Waals surface area contributed by atoms with Crippen LogP contribution in [0.4, 0.5) is 0 Å². The molecule has 2 fully saturated rings. The van der Waals surface area contributed by atoms with Crippen LogP contribution in [0.25, 0.3) is 0 Å². The molecule has 2 rings (SSSR count). The average Bonchev–Trinajstić information content (AvgIpc) is 2.46. The first-order valence-corrected chi connectivity index (χ1v) is 4.46. The van der Waals surface area contributed by atoms with Gasteiger partial charge in [-0.3, -0.25) is 4.90 Å². The van der Waals surface area contributed by atoms with Gasteiger partial charge in [-0.05, 0) is 12.3 Å². The van der Waals surface area contributed by atoms with Crippen molar-refractivity contribution in [2.45, 2.75) is 12.5 Å². The monoisotopic (exact) mass is 156 g/mol. The summed E-state index contributed by atoms with van der Waals surface area (Å²) in [4.78, 5) is 2.50. The fourth-order valence-corrected chi connectivity index (χ4v) is 2.20. The Morgan fingerprint density at radius 2 is 2.45 bits per heavy atom. The van der Waals surface area contributed by atoms with E-state index in [1.165, 1.54) is 13.0 Å². The SMILES string of the molecule is OC[C@H]1C[C@@H]2CNCCN2C1. The number of nitrogens with zero attached hydrogens (tertiary/aromatic N) is 1. The zero-order valence-corrected chi connectivity index (χ0v) is 6.79. The summed E-state index contributed by atoms with van der Waals surface area (Å²) in [5.41, 5.74) is 0. The van der Waals surface area contributed by atoms with Crippen LogP contribution in [-0.2, 0) is 0 Å². The van der Waals surface area contributed by atoms with Gasteiger partial charge in [0.2, 0.25) is 0 Å². The minimum absolute atomic E-state index is 0.368. The molecule has 2 aliphatic heterocycles. The molecule has 2 saturated heterocycles. The lowest BCUT2D eigenvalue weighted by Gasteiger charge is -2.29. The standard InChI is InChI=1S/C8H16N2O/c11-6-7-3-8-4-9-1-2-10(8)5-7/h7-9,11H,1-6H2/t7-,8+/m0/s1. The number of nitrogens with one attached hydrogen (secondary N) is 1. The molecule has 11 heavy (non-hydrogen) atoms. The van der Waals surface area contributed by atoms with Crippen molar-refractivity contribution in [2.24, 2.45) is 5.92 Å². The fraction of sp³-hybridized carbons (Fsp3) is 1.00. The molecule has 3 heteroatoms. The Bertz CT molecular complexity index is 126. The molecule has 0 aromatic carbocycles. The maximum Gasteiger partial charge on any atom is 0.0472 e. The molecule has 0 bridgehead atoms. The second-order valence-corrected chi connectivity index (χ2v) is 3.64. The van der Waals surface area contributed by atoms with Gasteiger partial charge in [0.1, 0.15) is 0 Å². The molecular formula is C8H16N2O. The van der Waals surface area contributed by atoms with Gasteiger partial charge in [-0.1, -0.05) is 0 Å². The minimum atomic E-state index is 0.368. The van der Waals surface area contributed by atoms with Crippen LogP contribution < -0.4 is 5.32 Å². The van der Waals surface area contributed by atoms with Gasteiger partial charge < -0.3 is 10.4 Å². The molecule has 64 valence electrons. The molecule has 2 atom stereocenters. The van der Waals surface area contributed by atoms with Crippen LogP contribution in [0.3, 0.4) is 0 Å². The largest absolute Gasteiger partial charge is 0.396 e. The summed E-state index contributed by atoms with van der Waals surface area (Å²) in [6.45, 7) is 4.89. The first kappa shape index (κ1) is 7.53. The molecular weight excluding hydrogens is 140 g/mol. The van der Waals surface area contributed by atoms with E-state index in [0.717, 1.165) is 19.6 Å². The van der Waals surface area contributed by atoms with E-state index in [4.69, 9.17) is 5.11 Å². The highest BCUT2D eigenvalue weighted by Gasteiger charge is 2.32. The molecule has 0 amide bonds. The van der Waals surface area contributed by atoms with E-state index in [0.29, 0.717) is 18.6 Å². The van der Waals surface area contributed by atoms with Crippen LogP contribution in [0.1, 0.15) is 6.42 Å². The molecule has 0 aromatic rings. The van der Waals surface area contributed by atoms with Crippen LogP contribution >= 0.6 is 0 Å². The van der Waals surface area contributed by atoms with Gasteiger partial charge in [-0.2, -0.15) is 0 Å². The van der Waals surface area contributed by atoms with Crippen molar-refractivity contribution in [2.75, 3.05) is 32.8 Å². The van der Waals surface area contributed by atoms with E-state index in [1.807, 2.05) is 0 Å². The van der Waals surface area contributed by atoms with Gasteiger partial charge in [-0.15, -0.1) is 0 Å². The number of rotatable bonds is 1. The summed E-state index contributed by atoms with van der Waals surface area (Å²) in [5.74, 6) is 0.542. The Kier molecular flexibility index (Phi) is 2.11. The summed E-state index contributed by atoms with van der Waals surface area (Å²) in [6.07, 6.45) is 1.18. The van der Waals surface area contributed by atoms with Crippen LogP contribution in [0.15, 0.2) is 0 Å². The third-order valence-electron chi connectivity index (χ3n) is 2.83. The van der Waals surface area contributed by atoms with Crippen LogP contribution in [0.2, 0.25) is 0 Å². The quantitative estimate of drug-likeness (QED) is 0.525. The first-order valence-electron chi connectivity index (χ1n) is 4.46. The van der Waals surface area contributed by atoms with E-state index in [2.05, 4.69) is 10.2 Å². The van der Waals surface area contributed by atoms with Crippen molar-refractivity contribution < 1.29 is 5.11 Å². The summed E-state index contributed by atoms with van der Waals surface area (Å²) in [5, 5.41) is 12.3. The second kappa shape index (κ2) is 3.09. The summed E-state index contributed by atoms with van der Waals surface area (Å²) < 4.78 is 0. The third-order valence-corrected chi connectivity index (χ3v) is 2.83.